The fraction of sp³-hybridized carbons (Fsp3) is 0.500. The van der Waals surface area contributed by atoms with Gasteiger partial charge in [0.1, 0.15) is 0 Å². The third kappa shape index (κ3) is 4.21. The smallest absolute Gasteiger partial charge is 0 e. The summed E-state index contributed by atoms with van der Waals surface area (Å²) in [5.74, 6) is 0.716. The van der Waals surface area contributed by atoms with E-state index >= 15 is 0 Å². The molecule has 0 saturated heterocycles. The van der Waals surface area contributed by atoms with Crippen LogP contribution >= 0.6 is 0 Å². The summed E-state index contributed by atoms with van der Waals surface area (Å²) in [6.45, 7) is 12.2. The van der Waals surface area contributed by atoms with Crippen LogP contribution in [0.4, 0.5) is 0 Å². The Hall–Kier alpha value is -1.91. The summed E-state index contributed by atoms with van der Waals surface area (Å²) in [6, 6.07) is 0. The Bertz CT molecular complexity index is 261. The van der Waals surface area contributed by atoms with E-state index in [4.69, 9.17) is 0 Å². The summed E-state index contributed by atoms with van der Waals surface area (Å²) in [5.41, 5.74) is 4.07. The van der Waals surface area contributed by atoms with Crippen molar-refractivity contribution in [3.05, 3.63) is 42.4 Å². The van der Waals surface area contributed by atoms with E-state index in [1.54, 1.807) is 5.57 Å². The Morgan fingerprint density at radius 2 is 2.13 bits per heavy atom. The van der Waals surface area contributed by atoms with Crippen molar-refractivity contribution in [2.75, 3.05) is 0 Å². The molecule has 0 heterocycles. The minimum atomic E-state index is 0. The van der Waals surface area contributed by atoms with Gasteiger partial charge in [-0.1, -0.05) is 37.1 Å². The van der Waals surface area contributed by atoms with Gasteiger partial charge < -0.3 is 0 Å². The SMILES string of the molecule is C=C(C)[CH-]CC1=CCC[C@@H](C(=C)C)C1.[Es]. The molecule has 0 aromatic carbocycles. The van der Waals surface area contributed by atoms with Gasteiger partial charge in [0.2, 0.25) is 0 Å². The molecule has 1 atom stereocenters. The van der Waals surface area contributed by atoms with Crippen LogP contribution in [0.2, 0.25) is 0 Å². The molecule has 0 saturated carbocycles. The molecule has 1 rings (SSSR count). The number of allylic oxidation sites excluding steroid dienone is 4. The number of hydrogen-bond donors (Lipinski definition) is 0. The zero-order valence-corrected chi connectivity index (χ0v) is 12.3. The molecular weight excluding hydrogens is 420 g/mol. The van der Waals surface area contributed by atoms with Crippen molar-refractivity contribution in [2.24, 2.45) is 5.92 Å². The van der Waals surface area contributed by atoms with Gasteiger partial charge in [0.25, 0.3) is 0 Å². The summed E-state index contributed by atoms with van der Waals surface area (Å²) >= 11 is 0. The normalized spacial score (nSPS) is 19.9. The monoisotopic (exact) mass is 441 g/mol. The van der Waals surface area contributed by atoms with E-state index in [0.29, 0.717) is 5.92 Å². The third-order valence-corrected chi connectivity index (χ3v) is 2.87. The van der Waals surface area contributed by atoms with E-state index in [-0.39, 0.29) is 0 Å². The molecule has 0 unspecified atom stereocenters. The molecule has 15 heavy (non-hydrogen) atoms. The topological polar surface area (TPSA) is 0 Å². The van der Waals surface area contributed by atoms with Crippen molar-refractivity contribution in [3.8, 4) is 0 Å². The van der Waals surface area contributed by atoms with Crippen molar-refractivity contribution >= 4 is 0 Å². The first kappa shape index (κ1) is 13.1. The van der Waals surface area contributed by atoms with Crippen molar-refractivity contribution in [2.45, 2.75) is 39.5 Å². The van der Waals surface area contributed by atoms with Gasteiger partial charge in [-0.2, -0.15) is 0 Å². The molecule has 0 aromatic heterocycles. The van der Waals surface area contributed by atoms with Gasteiger partial charge in [-0.05, 0) is 32.1 Å². The first-order valence-electron chi connectivity index (χ1n) is 5.41. The van der Waals surface area contributed by atoms with Crippen LogP contribution in [0, 0.1) is 12.3 Å². The Morgan fingerprint density at radius 1 is 1.47 bits per heavy atom. The third-order valence-electron chi connectivity index (χ3n) is 2.87. The second-order valence-electron chi connectivity index (χ2n) is 4.44. The van der Waals surface area contributed by atoms with Gasteiger partial charge in [0.05, 0.1) is 0 Å². The van der Waals surface area contributed by atoms with Gasteiger partial charge in [-0.3, -0.25) is 0 Å². The molecule has 0 N–H and O–H groups in total. The molecule has 0 fully saturated rings. The average molecular weight is 441 g/mol. The molecule has 0 nitrogen and oxygen atoms in total. The van der Waals surface area contributed by atoms with Crippen molar-refractivity contribution in [1.29, 1.82) is 0 Å². The fourth-order valence-corrected chi connectivity index (χ4v) is 1.88. The minimum absolute atomic E-state index is 0. The molecule has 1 aliphatic carbocycles. The summed E-state index contributed by atoms with van der Waals surface area (Å²) in [5, 5.41) is 0. The summed E-state index contributed by atoms with van der Waals surface area (Å²) in [7, 11) is 0. The van der Waals surface area contributed by atoms with Crippen LogP contribution in [0.5, 0.6) is 0 Å². The molecule has 0 aromatic rings. The van der Waals surface area contributed by atoms with Gasteiger partial charge in [0, 0.05) is 0 Å². The first-order chi connectivity index (χ1) is 6.59. The Kier molecular flexibility index (Phi) is 5.01. The van der Waals surface area contributed by atoms with Gasteiger partial charge >= 0.3 is 0 Å². The van der Waals surface area contributed by atoms with E-state index in [1.807, 2.05) is 0 Å². The van der Waals surface area contributed by atoms with E-state index < -0.39 is 0 Å². The number of rotatable bonds is 4. The molecule has 0 amide bonds. The summed E-state index contributed by atoms with van der Waals surface area (Å²) in [6.07, 6.45) is 9.40. The Morgan fingerprint density at radius 3 is 2.67 bits per heavy atom. The molecular formula is C14H21Es-. The fourth-order valence-electron chi connectivity index (χ4n) is 1.88. The maximum Gasteiger partial charge on any atom is 0 e. The van der Waals surface area contributed by atoms with E-state index in [2.05, 4.69) is 39.5 Å². The van der Waals surface area contributed by atoms with E-state index in [1.165, 1.54) is 30.4 Å². The van der Waals surface area contributed by atoms with E-state index in [0.717, 1.165) is 6.42 Å². The van der Waals surface area contributed by atoms with Crippen molar-refractivity contribution in [1.82, 2.24) is 0 Å². The minimum Gasteiger partial charge on any atom is -0.242 e. The van der Waals surface area contributed by atoms with Gasteiger partial charge in [0.15, 0.2) is 0 Å². The maximum atomic E-state index is 4.05. The zero-order valence-electron chi connectivity index (χ0n) is 9.78. The predicted molar refractivity (Wildman–Crippen MR) is 64.0 cm³/mol. The zero-order chi connectivity index (χ0) is 10.6. The van der Waals surface area contributed by atoms with Crippen LogP contribution in [0.25, 0.3) is 0 Å². The van der Waals surface area contributed by atoms with Crippen LogP contribution in [-0.4, -0.2) is 0 Å². The molecule has 0 bridgehead atoms. The number of hydrogen-bond acceptors (Lipinski definition) is 0. The van der Waals surface area contributed by atoms with Crippen LogP contribution in [0.1, 0.15) is 39.5 Å². The molecule has 1 aliphatic rings. The summed E-state index contributed by atoms with van der Waals surface area (Å²) in [4.78, 5) is 0. The molecule has 1 heteroatoms. The average Bonchev–Trinajstić information content (AvgIpc) is 2.15. The van der Waals surface area contributed by atoms with Crippen LogP contribution in [0.15, 0.2) is 36.0 Å². The van der Waals surface area contributed by atoms with Crippen LogP contribution < -0.4 is 0 Å². The quantitative estimate of drug-likeness (QED) is 0.447. The molecule has 0 aliphatic heterocycles. The maximum absolute atomic E-state index is 4.05. The Balaban J connectivity index is 0.00000196. The summed E-state index contributed by atoms with van der Waals surface area (Å²) < 4.78 is 0. The predicted octanol–water partition coefficient (Wildman–Crippen LogP) is 4.46. The molecule has 1 radical (unpaired) electrons. The van der Waals surface area contributed by atoms with Gasteiger partial charge in [-0.25, -0.2) is 18.6 Å². The second-order valence-corrected chi connectivity index (χ2v) is 4.44. The van der Waals surface area contributed by atoms with Gasteiger partial charge in [-0.15, -0.1) is 0 Å². The van der Waals surface area contributed by atoms with Crippen LogP contribution in [0.3, 0.4) is 0 Å². The van der Waals surface area contributed by atoms with Crippen molar-refractivity contribution < 1.29 is 0 Å². The van der Waals surface area contributed by atoms with E-state index in [9.17, 15) is 0 Å². The van der Waals surface area contributed by atoms with Crippen LogP contribution in [-0.2, 0) is 0 Å². The largest absolute Gasteiger partial charge is 0.242 e. The molecule has 89 valence electrons. The van der Waals surface area contributed by atoms with Crippen molar-refractivity contribution in [3.63, 3.8) is 0 Å². The Labute approximate surface area is 88.4 Å². The second kappa shape index (κ2) is 5.74. The standard InChI is InChI=1S/C14H21.Es/c1-11(2)8-9-13-6-5-7-14(10-13)12(3)4;/h6,8,14H,1,3,5,7,9-10H2,2,4H3;/q-1;/t14-;/m1./s1. The first-order valence-corrected chi connectivity index (χ1v) is 5.41. The molecule has 0 spiro atoms.